The van der Waals surface area contributed by atoms with Crippen molar-refractivity contribution in [2.45, 2.75) is 85.6 Å². The largest absolute Gasteiger partial charge is 0.507 e. The Morgan fingerprint density at radius 2 is 1.66 bits per heavy atom. The first-order valence-corrected chi connectivity index (χ1v) is 19.1. The molecule has 7 N–H and O–H groups in total. The minimum Gasteiger partial charge on any atom is -0.507 e. The van der Waals surface area contributed by atoms with Crippen molar-refractivity contribution in [1.29, 1.82) is 0 Å². The van der Waals surface area contributed by atoms with Gasteiger partial charge in [-0.2, -0.15) is 0 Å². The lowest BCUT2D eigenvalue weighted by molar-refractivity contribution is -0.160. The van der Waals surface area contributed by atoms with Gasteiger partial charge in [0.05, 0.1) is 35.2 Å². The summed E-state index contributed by atoms with van der Waals surface area (Å²) >= 11 is 0. The van der Waals surface area contributed by atoms with Crippen LogP contribution in [0.2, 0.25) is 0 Å². The number of amides is 1. The molecule has 1 aromatic heterocycles. The number of phenols is 1. The van der Waals surface area contributed by atoms with Gasteiger partial charge in [-0.1, -0.05) is 45.9 Å². The maximum absolute atomic E-state index is 14.5. The molecule has 3 heterocycles. The van der Waals surface area contributed by atoms with Crippen LogP contribution in [0.5, 0.6) is 11.5 Å². The zero-order valence-corrected chi connectivity index (χ0v) is 34.1. The second-order valence-corrected chi connectivity index (χ2v) is 15.6. The number of esters is 1. The van der Waals surface area contributed by atoms with Crippen LogP contribution in [0.25, 0.3) is 38.7 Å². The van der Waals surface area contributed by atoms with Crippen LogP contribution >= 0.6 is 0 Å². The zero-order chi connectivity index (χ0) is 43.4. The summed E-state index contributed by atoms with van der Waals surface area (Å²) < 4.78 is 29.9. The molecule has 6 rings (SSSR count). The Labute approximate surface area is 338 Å². The lowest BCUT2D eigenvalue weighted by Crippen LogP contribution is -2.46. The van der Waals surface area contributed by atoms with Gasteiger partial charge in [-0.3, -0.25) is 19.2 Å². The number of carbonyl (C=O) groups is 2. The van der Waals surface area contributed by atoms with Gasteiger partial charge in [-0.25, -0.2) is 4.98 Å². The molecule has 3 aromatic carbocycles. The molecule has 0 aliphatic carbocycles. The number of rotatable bonds is 2. The fourth-order valence-electron chi connectivity index (χ4n) is 7.91. The number of hydrogen-bond acceptors (Lipinski definition) is 15. The lowest BCUT2D eigenvalue weighted by Gasteiger charge is -2.38. The van der Waals surface area contributed by atoms with E-state index in [-0.39, 0.29) is 60.8 Å². The number of aromatic hydroxyl groups is 1. The maximum Gasteiger partial charge on any atom is 0.307 e. The number of aromatic nitrogens is 1. The summed E-state index contributed by atoms with van der Waals surface area (Å²) in [6.07, 6.45) is 3.43. The van der Waals surface area contributed by atoms with Crippen molar-refractivity contribution in [1.82, 2.24) is 4.98 Å². The van der Waals surface area contributed by atoms with Crippen LogP contribution < -0.4 is 31.9 Å². The molecular formula is C43H49N3O13. The Balaban J connectivity index is 1.64. The average molecular weight is 816 g/mol. The molecule has 0 unspecified atom stereocenters. The van der Waals surface area contributed by atoms with E-state index >= 15 is 0 Å². The summed E-state index contributed by atoms with van der Waals surface area (Å²) in [6.45, 7) is 12.5. The Bertz CT molecular complexity index is 2650. The molecule has 0 saturated heterocycles. The van der Waals surface area contributed by atoms with E-state index in [9.17, 15) is 39.6 Å². The number of nitrogens with two attached hydrogens (primary N) is 1. The highest BCUT2D eigenvalue weighted by molar-refractivity contribution is 6.16. The minimum atomic E-state index is -1.98. The molecule has 2 aliphatic heterocycles. The second kappa shape index (κ2) is 16.0. The number of anilines is 2. The van der Waals surface area contributed by atoms with E-state index in [2.05, 4.69) is 10.3 Å². The predicted octanol–water partition coefficient (Wildman–Crippen LogP) is 4.14. The molecule has 0 saturated carbocycles. The van der Waals surface area contributed by atoms with E-state index in [0.29, 0.717) is 0 Å². The molecule has 16 nitrogen and oxygen atoms in total. The third-order valence-electron chi connectivity index (χ3n) is 11.5. The summed E-state index contributed by atoms with van der Waals surface area (Å²) in [6, 6.07) is 2.47. The van der Waals surface area contributed by atoms with E-state index in [1.807, 2.05) is 0 Å². The Kier molecular flexibility index (Phi) is 11.6. The first-order chi connectivity index (χ1) is 27.7. The number of nitrogen functional groups attached to an aromatic ring is 1. The summed E-state index contributed by atoms with van der Waals surface area (Å²) in [4.78, 5) is 58.4. The smallest absolute Gasteiger partial charge is 0.307 e. The van der Waals surface area contributed by atoms with Gasteiger partial charge in [-0.15, -0.1) is 0 Å². The van der Waals surface area contributed by atoms with Crippen LogP contribution in [-0.4, -0.2) is 74.6 Å². The molecule has 9 atom stereocenters. The van der Waals surface area contributed by atoms with Gasteiger partial charge in [0.15, 0.2) is 22.4 Å². The summed E-state index contributed by atoms with van der Waals surface area (Å²) in [5.41, 5.74) is 3.45. The number of phenolic OH excluding ortho intramolecular Hbond substituents is 1. The lowest BCUT2D eigenvalue weighted by atomic mass is 9.78. The first kappa shape index (κ1) is 42.6. The van der Waals surface area contributed by atoms with E-state index in [1.165, 1.54) is 59.3 Å². The van der Waals surface area contributed by atoms with Crippen molar-refractivity contribution in [3.8, 4) is 11.5 Å². The quantitative estimate of drug-likeness (QED) is 0.0720. The summed E-state index contributed by atoms with van der Waals surface area (Å²) in [5.74, 6) is -7.03. The summed E-state index contributed by atoms with van der Waals surface area (Å²) in [5, 5.41) is 48.5. The van der Waals surface area contributed by atoms with Gasteiger partial charge in [0.2, 0.25) is 10.9 Å². The van der Waals surface area contributed by atoms with Crippen LogP contribution in [0.15, 0.2) is 62.3 Å². The number of ether oxygens (including phenoxy) is 4. The molecule has 0 radical (unpaired) electrons. The number of nitrogens with one attached hydrogen (secondary N) is 1. The van der Waals surface area contributed by atoms with Crippen molar-refractivity contribution < 1.29 is 53.4 Å². The molecule has 1 amide bonds. The van der Waals surface area contributed by atoms with Gasteiger partial charge in [0.25, 0.3) is 5.91 Å². The number of aliphatic hydroxyl groups excluding tert-OH is 3. The van der Waals surface area contributed by atoms with Gasteiger partial charge < -0.3 is 54.8 Å². The molecule has 59 heavy (non-hydrogen) atoms. The molecule has 16 heteroatoms. The van der Waals surface area contributed by atoms with Crippen molar-refractivity contribution in [3.63, 3.8) is 0 Å². The van der Waals surface area contributed by atoms with Gasteiger partial charge >= 0.3 is 11.8 Å². The maximum atomic E-state index is 14.5. The normalized spacial score (nSPS) is 30.1. The Morgan fingerprint density at radius 1 is 0.966 bits per heavy atom. The highest BCUT2D eigenvalue weighted by atomic mass is 16.7. The number of fused-ring (bicyclic) bond motifs is 2. The molecular weight excluding hydrogens is 766 g/mol. The third kappa shape index (κ3) is 7.47. The van der Waals surface area contributed by atoms with E-state index in [4.69, 9.17) is 29.1 Å². The Morgan fingerprint density at radius 3 is 2.32 bits per heavy atom. The second-order valence-electron chi connectivity index (χ2n) is 15.6. The molecule has 314 valence electrons. The number of allylic oxidation sites excluding steroid dienone is 2. The number of hydrogen-bond donors (Lipinski definition) is 6. The van der Waals surface area contributed by atoms with Crippen LogP contribution in [0, 0.1) is 30.6 Å². The van der Waals surface area contributed by atoms with Crippen LogP contribution in [-0.2, 0) is 23.8 Å². The fourth-order valence-corrected chi connectivity index (χ4v) is 7.91. The predicted molar refractivity (Wildman–Crippen MR) is 219 cm³/mol. The summed E-state index contributed by atoms with van der Waals surface area (Å²) in [7, 11) is 1.43. The van der Waals surface area contributed by atoms with E-state index in [1.54, 1.807) is 39.8 Å². The highest BCUT2D eigenvalue weighted by Crippen LogP contribution is 2.42. The topological polar surface area (TPSA) is 250 Å². The van der Waals surface area contributed by atoms with E-state index < -0.39 is 93.8 Å². The SMILES string of the molecule is CO[C@H]1/C=C/O[C@@]2(C)Oc3c(C)c(O)c4c(=O)c(c5oc6cc(N)cc(=O)c6nc5c4c3=C2O)NC(=O)/C(C)=C\C=C\[C@H](C)[C@H](O)[C@@H](C)[C@@H](O)[C@@H](C)[C@H](OC(C)=O)[C@@H]1C. The number of aliphatic hydroxyl groups is 3. The highest BCUT2D eigenvalue weighted by Gasteiger charge is 2.44. The number of benzene rings is 3. The molecule has 0 spiro atoms. The molecule has 4 bridgehead atoms. The number of nitrogens with zero attached hydrogens (tertiary/aromatic N) is 1. The van der Waals surface area contributed by atoms with Gasteiger partial charge in [-0.05, 0) is 19.9 Å². The standard InChI is InChI=1S/C43H49N3O13/c1-17-11-10-12-18(2)42(54)46-33-37(52)29-28(32-40(33)58-27-16-24(44)15-25(48)31(27)45-32)30-39(22(6)36(29)51)59-43(8,41(30)53)56-14-13-26(55-9)19(3)38(57-23(7)47)21(5)35(50)20(4)34(17)49/h10-17,19-21,26,34-35,38,49-51,53H,44H2,1-9H3,(H,46,54)/b11-10+,14-13+,18-12-/t17-,19+,20+,21+,26-,34-,35+,38+,43-/m0/s1. The van der Waals surface area contributed by atoms with Gasteiger partial charge in [0, 0.05) is 79.0 Å². The molecule has 4 aromatic rings. The molecule has 0 fully saturated rings. The van der Waals surface area contributed by atoms with Crippen molar-refractivity contribution in [2.75, 3.05) is 18.2 Å². The van der Waals surface area contributed by atoms with Gasteiger partial charge in [0.1, 0.15) is 28.8 Å². The minimum absolute atomic E-state index is 0.0385. The van der Waals surface area contributed by atoms with Crippen molar-refractivity contribution in [3.05, 3.63) is 79.5 Å². The van der Waals surface area contributed by atoms with Crippen LogP contribution in [0.1, 0.15) is 54.0 Å². The monoisotopic (exact) mass is 815 g/mol. The number of methoxy groups -OCH3 is 1. The van der Waals surface area contributed by atoms with Crippen LogP contribution in [0.4, 0.5) is 11.4 Å². The fraction of sp³-hybridized carbons (Fsp3) is 0.419. The van der Waals surface area contributed by atoms with E-state index in [0.717, 1.165) is 6.07 Å². The molecule has 2 aliphatic rings. The third-order valence-corrected chi connectivity index (χ3v) is 11.5. The van der Waals surface area contributed by atoms with Crippen molar-refractivity contribution in [2.24, 2.45) is 23.7 Å². The Hall–Kier alpha value is -5.97. The number of carbonyl (C=O) groups excluding carboxylic acids is 2. The first-order valence-electron chi connectivity index (χ1n) is 19.1. The van der Waals surface area contributed by atoms with Crippen LogP contribution in [0.3, 0.4) is 0 Å². The van der Waals surface area contributed by atoms with Crippen molar-refractivity contribution >= 4 is 62.0 Å². The zero-order valence-electron chi connectivity index (χ0n) is 34.1. The average Bonchev–Trinajstić information content (AvgIpc) is 3.45.